The van der Waals surface area contributed by atoms with Crippen LogP contribution in [0.25, 0.3) is 0 Å². The molecule has 0 bridgehead atoms. The number of unbranched alkanes of at least 4 members (excludes halogenated alkanes) is 1. The van der Waals surface area contributed by atoms with Crippen molar-refractivity contribution in [3.63, 3.8) is 0 Å². The number of carbonyl (C=O) groups is 2. The molecule has 0 aliphatic carbocycles. The summed E-state index contributed by atoms with van der Waals surface area (Å²) in [5.41, 5.74) is 0. The van der Waals surface area contributed by atoms with E-state index in [1.54, 1.807) is 0 Å². The van der Waals surface area contributed by atoms with Crippen LogP contribution >= 0.6 is 0 Å². The minimum atomic E-state index is -0.790. The third-order valence-corrected chi connectivity index (χ3v) is 3.45. The average Bonchev–Trinajstić information content (AvgIpc) is 2.40. The molecule has 0 aromatic heterocycles. The molecule has 0 saturated carbocycles. The first-order valence-corrected chi connectivity index (χ1v) is 8.12. The molecule has 130 valence electrons. The van der Waals surface area contributed by atoms with Crippen molar-refractivity contribution in [2.24, 2.45) is 0 Å². The Hall–Kier alpha value is -1.14. The molecule has 0 aromatic rings. The second kappa shape index (κ2) is 12.4. The number of hydrogen-bond donors (Lipinski definition) is 1. The number of carbonyl (C=O) groups excluding carboxylic acids is 1. The molecule has 0 spiro atoms. The van der Waals surface area contributed by atoms with Gasteiger partial charge in [0.2, 0.25) is 5.91 Å². The van der Waals surface area contributed by atoms with Crippen molar-refractivity contribution in [3.05, 3.63) is 0 Å². The lowest BCUT2D eigenvalue weighted by molar-refractivity contribution is -0.137. The fraction of sp³-hybridized carbons (Fsp3) is 0.875. The monoisotopic (exact) mass is 315 g/mol. The fourth-order valence-corrected chi connectivity index (χ4v) is 2.23. The Labute approximate surface area is 135 Å². The smallest absolute Gasteiger partial charge is 0.303 e. The molecule has 0 radical (unpaired) electrons. The Bertz CT molecular complexity index is 306. The number of nitrogens with zero attached hydrogens (tertiary/aromatic N) is 3. The third-order valence-electron chi connectivity index (χ3n) is 3.45. The van der Waals surface area contributed by atoms with Gasteiger partial charge >= 0.3 is 5.97 Å². The lowest BCUT2D eigenvalue weighted by Gasteiger charge is -2.24. The van der Waals surface area contributed by atoms with Gasteiger partial charge in [-0.3, -0.25) is 9.59 Å². The number of rotatable bonds is 13. The van der Waals surface area contributed by atoms with Crippen molar-refractivity contribution >= 4 is 11.9 Å². The van der Waals surface area contributed by atoms with Gasteiger partial charge in [0, 0.05) is 25.9 Å². The second-order valence-electron chi connectivity index (χ2n) is 6.30. The minimum Gasteiger partial charge on any atom is -0.481 e. The van der Waals surface area contributed by atoms with E-state index in [1.807, 2.05) is 33.1 Å². The maximum absolute atomic E-state index is 12.3. The van der Waals surface area contributed by atoms with Gasteiger partial charge in [0.05, 0.1) is 0 Å². The molecule has 0 unspecified atom stereocenters. The molecule has 0 aliphatic heterocycles. The molecular weight excluding hydrogens is 282 g/mol. The molecule has 0 fully saturated rings. The van der Waals surface area contributed by atoms with Crippen LogP contribution in [0.2, 0.25) is 0 Å². The first-order chi connectivity index (χ1) is 10.3. The zero-order valence-electron chi connectivity index (χ0n) is 14.7. The highest BCUT2D eigenvalue weighted by Gasteiger charge is 2.13. The number of hydrogen-bond acceptors (Lipinski definition) is 4. The molecule has 0 rings (SSSR count). The third kappa shape index (κ3) is 12.6. The Morgan fingerprint density at radius 3 is 1.59 bits per heavy atom. The van der Waals surface area contributed by atoms with Gasteiger partial charge in [0.25, 0.3) is 0 Å². The quantitative estimate of drug-likeness (QED) is 0.520. The highest BCUT2D eigenvalue weighted by atomic mass is 16.4. The van der Waals surface area contributed by atoms with Gasteiger partial charge in [-0.1, -0.05) is 0 Å². The zero-order chi connectivity index (χ0) is 17.0. The lowest BCUT2D eigenvalue weighted by atomic mass is 10.1. The molecular formula is C16H33N3O3. The molecule has 0 saturated heterocycles. The van der Waals surface area contributed by atoms with Gasteiger partial charge in [-0.05, 0) is 67.0 Å². The van der Waals surface area contributed by atoms with Gasteiger partial charge < -0.3 is 19.8 Å². The van der Waals surface area contributed by atoms with E-state index in [0.717, 1.165) is 39.0 Å². The minimum absolute atomic E-state index is 0.147. The number of amides is 1. The maximum Gasteiger partial charge on any atom is 0.303 e. The molecule has 1 amide bonds. The molecule has 6 nitrogen and oxygen atoms in total. The first-order valence-electron chi connectivity index (χ1n) is 8.12. The van der Waals surface area contributed by atoms with E-state index in [2.05, 4.69) is 9.80 Å². The summed E-state index contributed by atoms with van der Waals surface area (Å²) >= 11 is 0. The van der Waals surface area contributed by atoms with E-state index in [9.17, 15) is 9.59 Å². The molecule has 0 aromatic carbocycles. The summed E-state index contributed by atoms with van der Waals surface area (Å²) in [5, 5.41) is 8.62. The second-order valence-corrected chi connectivity index (χ2v) is 6.30. The number of carboxylic acids is 1. The fourth-order valence-electron chi connectivity index (χ4n) is 2.23. The Balaban J connectivity index is 4.16. The van der Waals surface area contributed by atoms with Crippen LogP contribution in [0.4, 0.5) is 0 Å². The van der Waals surface area contributed by atoms with Gasteiger partial charge in [0.15, 0.2) is 0 Å². The topological polar surface area (TPSA) is 64.1 Å². The highest BCUT2D eigenvalue weighted by molar-refractivity contribution is 5.76. The van der Waals surface area contributed by atoms with Crippen LogP contribution in [0, 0.1) is 0 Å². The number of aliphatic carboxylic acids is 1. The van der Waals surface area contributed by atoms with E-state index < -0.39 is 5.97 Å². The van der Waals surface area contributed by atoms with Crippen molar-refractivity contribution in [2.75, 3.05) is 54.4 Å². The van der Waals surface area contributed by atoms with Gasteiger partial charge in [-0.15, -0.1) is 0 Å². The van der Waals surface area contributed by atoms with Crippen LogP contribution in [-0.4, -0.2) is 86.1 Å². The van der Waals surface area contributed by atoms with Gasteiger partial charge in [-0.2, -0.15) is 0 Å². The summed E-state index contributed by atoms with van der Waals surface area (Å²) in [6.45, 7) is 3.50. The molecule has 22 heavy (non-hydrogen) atoms. The van der Waals surface area contributed by atoms with E-state index >= 15 is 0 Å². The van der Waals surface area contributed by atoms with Crippen molar-refractivity contribution in [1.82, 2.24) is 14.7 Å². The lowest BCUT2D eigenvalue weighted by Crippen LogP contribution is -2.35. The van der Waals surface area contributed by atoms with E-state index in [4.69, 9.17) is 5.11 Å². The average molecular weight is 315 g/mol. The summed E-state index contributed by atoms with van der Waals surface area (Å²) in [6, 6.07) is 0. The molecule has 0 aliphatic rings. The summed E-state index contributed by atoms with van der Waals surface area (Å²) < 4.78 is 0. The predicted molar refractivity (Wildman–Crippen MR) is 89.0 cm³/mol. The number of carboxylic acid groups (broad SMARTS) is 1. The molecule has 0 atom stereocenters. The summed E-state index contributed by atoms with van der Waals surface area (Å²) in [6.07, 6.45) is 3.77. The Kier molecular flexibility index (Phi) is 11.8. The van der Waals surface area contributed by atoms with Crippen LogP contribution in [0.5, 0.6) is 0 Å². The van der Waals surface area contributed by atoms with Crippen LogP contribution in [0.15, 0.2) is 0 Å². The summed E-state index contributed by atoms with van der Waals surface area (Å²) in [4.78, 5) is 29.0. The Morgan fingerprint density at radius 2 is 1.18 bits per heavy atom. The SMILES string of the molecule is CN(C)CCCN(CCCN(C)C)C(=O)CCCCC(=O)O. The first kappa shape index (κ1) is 20.9. The molecule has 1 N–H and O–H groups in total. The van der Waals surface area contributed by atoms with Crippen LogP contribution in [-0.2, 0) is 9.59 Å². The van der Waals surface area contributed by atoms with Crippen molar-refractivity contribution < 1.29 is 14.7 Å². The maximum atomic E-state index is 12.3. The largest absolute Gasteiger partial charge is 0.481 e. The summed E-state index contributed by atoms with van der Waals surface area (Å²) in [7, 11) is 8.13. The van der Waals surface area contributed by atoms with E-state index in [0.29, 0.717) is 19.3 Å². The van der Waals surface area contributed by atoms with Crippen molar-refractivity contribution in [1.29, 1.82) is 0 Å². The van der Waals surface area contributed by atoms with Crippen LogP contribution in [0.3, 0.4) is 0 Å². The summed E-state index contributed by atoms with van der Waals surface area (Å²) in [5.74, 6) is -0.635. The van der Waals surface area contributed by atoms with Crippen molar-refractivity contribution in [3.8, 4) is 0 Å². The highest BCUT2D eigenvalue weighted by Crippen LogP contribution is 2.06. The molecule has 6 heteroatoms. The van der Waals surface area contributed by atoms with Crippen molar-refractivity contribution in [2.45, 2.75) is 38.5 Å². The van der Waals surface area contributed by atoms with Gasteiger partial charge in [-0.25, -0.2) is 0 Å². The standard InChI is InChI=1S/C16H33N3O3/c1-17(2)11-7-13-19(14-8-12-18(3)4)15(20)9-5-6-10-16(21)22/h5-14H2,1-4H3,(H,21,22). The normalized spacial score (nSPS) is 11.2. The zero-order valence-corrected chi connectivity index (χ0v) is 14.7. The van der Waals surface area contributed by atoms with Gasteiger partial charge in [0.1, 0.15) is 0 Å². The van der Waals surface area contributed by atoms with E-state index in [-0.39, 0.29) is 12.3 Å². The van der Waals surface area contributed by atoms with Crippen LogP contribution in [0.1, 0.15) is 38.5 Å². The molecule has 0 heterocycles. The van der Waals surface area contributed by atoms with Crippen LogP contribution < -0.4 is 0 Å². The Morgan fingerprint density at radius 1 is 0.727 bits per heavy atom. The van der Waals surface area contributed by atoms with E-state index in [1.165, 1.54) is 0 Å². The predicted octanol–water partition coefficient (Wildman–Crippen LogP) is 1.36.